The van der Waals surface area contributed by atoms with Crippen LogP contribution in [0.5, 0.6) is 0 Å². The molecule has 1 aliphatic rings. The van der Waals surface area contributed by atoms with Crippen LogP contribution in [0.3, 0.4) is 0 Å². The highest BCUT2D eigenvalue weighted by molar-refractivity contribution is 7.12. The average molecular weight is 224 g/mol. The van der Waals surface area contributed by atoms with E-state index in [-0.39, 0.29) is 11.7 Å². The van der Waals surface area contributed by atoms with Crippen molar-refractivity contribution in [2.24, 2.45) is 5.92 Å². The number of carbonyl (C=O) groups is 1. The first kappa shape index (κ1) is 10.8. The van der Waals surface area contributed by atoms with Crippen molar-refractivity contribution >= 4 is 17.1 Å². The molecular formula is C12H16O2S. The van der Waals surface area contributed by atoms with Crippen molar-refractivity contribution in [2.75, 3.05) is 0 Å². The Morgan fingerprint density at radius 2 is 2.13 bits per heavy atom. The first-order valence-electron chi connectivity index (χ1n) is 5.55. The van der Waals surface area contributed by atoms with Crippen LogP contribution in [0.4, 0.5) is 0 Å². The van der Waals surface area contributed by atoms with E-state index in [9.17, 15) is 9.90 Å². The lowest BCUT2D eigenvalue weighted by atomic mass is 9.83. The van der Waals surface area contributed by atoms with Gasteiger partial charge in [0.2, 0.25) is 5.78 Å². The lowest BCUT2D eigenvalue weighted by Gasteiger charge is -2.25. The Labute approximate surface area is 93.9 Å². The molecule has 1 unspecified atom stereocenters. The average Bonchev–Trinajstić information content (AvgIpc) is 2.82. The third-order valence-corrected chi connectivity index (χ3v) is 4.01. The maximum Gasteiger partial charge on any atom is 0.201 e. The molecule has 2 nitrogen and oxygen atoms in total. The van der Waals surface area contributed by atoms with Gasteiger partial charge in [0, 0.05) is 0 Å². The van der Waals surface area contributed by atoms with Crippen molar-refractivity contribution in [2.45, 2.75) is 38.2 Å². The number of aliphatic hydroxyl groups excluding tert-OH is 1. The Morgan fingerprint density at radius 1 is 1.40 bits per heavy atom. The van der Waals surface area contributed by atoms with Crippen molar-refractivity contribution < 1.29 is 9.90 Å². The predicted molar refractivity (Wildman–Crippen MR) is 61.2 cm³/mol. The Kier molecular flexibility index (Phi) is 3.54. The summed E-state index contributed by atoms with van der Waals surface area (Å²) in [4.78, 5) is 12.6. The fraction of sp³-hybridized carbons (Fsp3) is 0.583. The number of hydrogen-bond acceptors (Lipinski definition) is 3. The molecule has 1 heterocycles. The molecule has 1 atom stereocenters. The van der Waals surface area contributed by atoms with Crippen molar-refractivity contribution in [3.63, 3.8) is 0 Å². The van der Waals surface area contributed by atoms with Crippen LogP contribution in [0.1, 0.15) is 41.8 Å². The summed E-state index contributed by atoms with van der Waals surface area (Å²) in [6.07, 6.45) is 4.77. The monoisotopic (exact) mass is 224 g/mol. The van der Waals surface area contributed by atoms with Crippen LogP contribution in [0.25, 0.3) is 0 Å². The molecule has 15 heavy (non-hydrogen) atoms. The summed E-state index contributed by atoms with van der Waals surface area (Å²) in [5.74, 6) is 0.102. The van der Waals surface area contributed by atoms with E-state index in [0.29, 0.717) is 4.88 Å². The summed E-state index contributed by atoms with van der Waals surface area (Å²) in [5, 5.41) is 11.8. The summed E-state index contributed by atoms with van der Waals surface area (Å²) in [6, 6.07) is 3.64. The third-order valence-electron chi connectivity index (χ3n) is 3.13. The molecule has 0 aromatic carbocycles. The molecule has 0 saturated heterocycles. The number of hydrogen-bond donors (Lipinski definition) is 1. The van der Waals surface area contributed by atoms with E-state index in [4.69, 9.17) is 0 Å². The molecular weight excluding hydrogens is 208 g/mol. The van der Waals surface area contributed by atoms with Crippen molar-refractivity contribution in [1.82, 2.24) is 0 Å². The largest absolute Gasteiger partial charge is 0.385 e. The van der Waals surface area contributed by atoms with Crippen molar-refractivity contribution in [3.8, 4) is 0 Å². The van der Waals surface area contributed by atoms with Crippen LogP contribution >= 0.6 is 11.3 Å². The van der Waals surface area contributed by atoms with Crippen LogP contribution in [0, 0.1) is 5.92 Å². The highest BCUT2D eigenvalue weighted by Crippen LogP contribution is 2.28. The molecule has 0 amide bonds. The van der Waals surface area contributed by atoms with Gasteiger partial charge in [0.25, 0.3) is 0 Å². The quantitative estimate of drug-likeness (QED) is 0.802. The zero-order chi connectivity index (χ0) is 10.7. The van der Waals surface area contributed by atoms with Gasteiger partial charge in [-0.2, -0.15) is 0 Å². The van der Waals surface area contributed by atoms with Crippen LogP contribution in [0.2, 0.25) is 0 Å². The number of Topliss-reactive ketones (excluding diaryl/α,β-unsaturated/α-hetero) is 1. The smallest absolute Gasteiger partial charge is 0.201 e. The van der Waals surface area contributed by atoms with Crippen molar-refractivity contribution in [1.29, 1.82) is 0 Å². The molecule has 0 spiro atoms. The summed E-state index contributed by atoms with van der Waals surface area (Å²) in [5.41, 5.74) is 0. The van der Waals surface area contributed by atoms with Gasteiger partial charge in [0.1, 0.15) is 6.10 Å². The number of thiophene rings is 1. The number of ketones is 1. The van der Waals surface area contributed by atoms with Gasteiger partial charge < -0.3 is 5.11 Å². The Hall–Kier alpha value is -0.670. The Morgan fingerprint density at radius 3 is 2.73 bits per heavy atom. The fourth-order valence-electron chi connectivity index (χ4n) is 2.23. The van der Waals surface area contributed by atoms with E-state index in [1.165, 1.54) is 17.8 Å². The molecule has 82 valence electrons. The SMILES string of the molecule is O=C(c1cccs1)C(O)C1CCCCC1. The van der Waals surface area contributed by atoms with Gasteiger partial charge in [-0.05, 0) is 30.2 Å². The molecule has 1 aliphatic carbocycles. The van der Waals surface area contributed by atoms with E-state index in [0.717, 1.165) is 25.7 Å². The molecule has 1 aromatic rings. The van der Waals surface area contributed by atoms with Crippen LogP contribution < -0.4 is 0 Å². The van der Waals surface area contributed by atoms with Gasteiger partial charge in [-0.1, -0.05) is 25.3 Å². The molecule has 1 saturated carbocycles. The zero-order valence-electron chi connectivity index (χ0n) is 8.69. The first-order valence-corrected chi connectivity index (χ1v) is 6.43. The molecule has 1 N–H and O–H groups in total. The minimum Gasteiger partial charge on any atom is -0.385 e. The summed E-state index contributed by atoms with van der Waals surface area (Å²) in [6.45, 7) is 0. The second kappa shape index (κ2) is 4.90. The second-order valence-corrected chi connectivity index (χ2v) is 5.13. The van der Waals surface area contributed by atoms with Crippen LogP contribution in [0.15, 0.2) is 17.5 Å². The van der Waals surface area contributed by atoms with E-state index < -0.39 is 6.10 Å². The molecule has 1 aromatic heterocycles. The second-order valence-electron chi connectivity index (χ2n) is 4.18. The van der Waals surface area contributed by atoms with Gasteiger partial charge in [-0.25, -0.2) is 0 Å². The zero-order valence-corrected chi connectivity index (χ0v) is 9.50. The van der Waals surface area contributed by atoms with E-state index in [1.54, 1.807) is 6.07 Å². The lowest BCUT2D eigenvalue weighted by Crippen LogP contribution is -2.30. The standard InChI is InChI=1S/C12H16O2S/c13-11(9-5-2-1-3-6-9)12(14)10-7-4-8-15-10/h4,7-9,11,13H,1-3,5-6H2. The normalized spacial score (nSPS) is 20.1. The molecule has 0 aliphatic heterocycles. The third kappa shape index (κ3) is 2.47. The summed E-state index contributed by atoms with van der Waals surface area (Å²) < 4.78 is 0. The predicted octanol–water partition coefficient (Wildman–Crippen LogP) is 2.87. The molecule has 0 bridgehead atoms. The Bertz CT molecular complexity index is 312. The van der Waals surface area contributed by atoms with Crippen LogP contribution in [-0.4, -0.2) is 17.0 Å². The maximum absolute atomic E-state index is 11.9. The molecule has 0 radical (unpaired) electrons. The lowest BCUT2D eigenvalue weighted by molar-refractivity contribution is 0.0539. The topological polar surface area (TPSA) is 37.3 Å². The number of carbonyl (C=O) groups excluding carboxylic acids is 1. The highest BCUT2D eigenvalue weighted by atomic mass is 32.1. The summed E-state index contributed by atoms with van der Waals surface area (Å²) >= 11 is 1.41. The van der Waals surface area contributed by atoms with E-state index in [1.807, 2.05) is 11.4 Å². The minimum absolute atomic E-state index is 0.0862. The Balaban J connectivity index is 2.00. The van der Waals surface area contributed by atoms with Gasteiger partial charge in [-0.15, -0.1) is 11.3 Å². The van der Waals surface area contributed by atoms with Crippen molar-refractivity contribution in [3.05, 3.63) is 22.4 Å². The van der Waals surface area contributed by atoms with E-state index in [2.05, 4.69) is 0 Å². The maximum atomic E-state index is 11.9. The molecule has 2 rings (SSSR count). The van der Waals surface area contributed by atoms with Gasteiger partial charge in [0.05, 0.1) is 4.88 Å². The van der Waals surface area contributed by atoms with Gasteiger partial charge >= 0.3 is 0 Å². The molecule has 3 heteroatoms. The van der Waals surface area contributed by atoms with Gasteiger partial charge in [0.15, 0.2) is 0 Å². The van der Waals surface area contributed by atoms with Crippen LogP contribution in [-0.2, 0) is 0 Å². The molecule has 1 fully saturated rings. The minimum atomic E-state index is -0.774. The van der Waals surface area contributed by atoms with E-state index >= 15 is 0 Å². The first-order chi connectivity index (χ1) is 7.29. The number of rotatable bonds is 3. The summed E-state index contributed by atoms with van der Waals surface area (Å²) in [7, 11) is 0. The number of aliphatic hydroxyl groups is 1. The highest BCUT2D eigenvalue weighted by Gasteiger charge is 2.28. The fourth-order valence-corrected chi connectivity index (χ4v) is 2.93. The van der Waals surface area contributed by atoms with Gasteiger partial charge in [-0.3, -0.25) is 4.79 Å².